The number of aliphatic hydroxyl groups excluding tert-OH is 1. The van der Waals surface area contributed by atoms with Gasteiger partial charge in [0.2, 0.25) is 0 Å². The van der Waals surface area contributed by atoms with Crippen molar-refractivity contribution in [3.05, 3.63) is 0 Å². The van der Waals surface area contributed by atoms with Gasteiger partial charge < -0.3 is 0 Å². The monoisotopic (exact) mass is 503 g/mol. The van der Waals surface area contributed by atoms with Gasteiger partial charge in [-0.2, -0.15) is 12.6 Å². The first kappa shape index (κ1) is 25.0. The van der Waals surface area contributed by atoms with Crippen LogP contribution in [-0.2, 0) is 12.5 Å². The van der Waals surface area contributed by atoms with Crippen LogP contribution in [-0.4, -0.2) is 41.1 Å². The van der Waals surface area contributed by atoms with Gasteiger partial charge in [-0.15, -0.1) is 0 Å². The molecule has 2 atom stereocenters. The zero-order valence-electron chi connectivity index (χ0n) is 16.4. The van der Waals surface area contributed by atoms with E-state index in [1.165, 1.54) is 77.0 Å². The molecule has 0 aliphatic carbocycles. The molecule has 1 N–H and O–H groups in total. The Labute approximate surface area is 177 Å². The molecule has 0 bridgehead atoms. The van der Waals surface area contributed by atoms with Gasteiger partial charge in [0, 0.05) is 0 Å². The summed E-state index contributed by atoms with van der Waals surface area (Å²) in [5, 5.41) is 8.72. The van der Waals surface area contributed by atoms with E-state index in [2.05, 4.69) is 12.6 Å². The van der Waals surface area contributed by atoms with Crippen molar-refractivity contribution in [2.45, 2.75) is 100 Å². The Morgan fingerprint density at radius 1 is 0.846 bits per heavy atom. The van der Waals surface area contributed by atoms with Crippen LogP contribution < -0.4 is 21.6 Å². The summed E-state index contributed by atoms with van der Waals surface area (Å²) in [4.78, 5) is 0. The number of alkyl halides is 1. The molecule has 0 radical (unpaired) electrons. The van der Waals surface area contributed by atoms with Gasteiger partial charge in [0.15, 0.2) is 0 Å². The standard InChI is InChI=1S/C20H40IO4S/c22-15-13-16-24-21-19-18-23-20(25-19)14-11-9-7-5-3-1-2-4-6-8-10-12-17-26/h19-20,22,26H,1-18H2/q-1. The van der Waals surface area contributed by atoms with Crippen LogP contribution in [0.3, 0.4) is 0 Å². The molecule has 1 saturated heterocycles. The number of aliphatic hydroxyl groups is 1. The fourth-order valence-electron chi connectivity index (χ4n) is 3.05. The predicted octanol–water partition coefficient (Wildman–Crippen LogP) is 2.09. The Morgan fingerprint density at radius 2 is 1.42 bits per heavy atom. The van der Waals surface area contributed by atoms with Crippen LogP contribution in [0.5, 0.6) is 0 Å². The summed E-state index contributed by atoms with van der Waals surface area (Å²) in [7, 11) is 0. The summed E-state index contributed by atoms with van der Waals surface area (Å²) < 4.78 is 17.3. The first-order chi connectivity index (χ1) is 12.9. The summed E-state index contributed by atoms with van der Waals surface area (Å²) in [6.45, 7) is 1.53. The van der Waals surface area contributed by atoms with E-state index >= 15 is 0 Å². The average molecular weight is 504 g/mol. The number of halogens is 1. The van der Waals surface area contributed by atoms with Crippen molar-refractivity contribution < 1.29 is 39.3 Å². The fourth-order valence-corrected chi connectivity index (χ4v) is 5.04. The Bertz CT molecular complexity index is 297. The van der Waals surface area contributed by atoms with Gasteiger partial charge in [-0.05, 0) is 12.2 Å². The number of unbranched alkanes of at least 4 members (excludes halogenated alkanes) is 11. The average Bonchev–Trinajstić information content (AvgIpc) is 3.10. The molecule has 26 heavy (non-hydrogen) atoms. The van der Waals surface area contributed by atoms with E-state index in [9.17, 15) is 0 Å². The molecule has 1 rings (SSSR count). The number of hydrogen-bond acceptors (Lipinski definition) is 5. The summed E-state index contributed by atoms with van der Waals surface area (Å²) in [6, 6.07) is 0. The summed E-state index contributed by atoms with van der Waals surface area (Å²) in [5.74, 6) is 1.04. The minimum absolute atomic E-state index is 0.0105. The molecular weight excluding hydrogens is 463 g/mol. The second-order valence-corrected chi connectivity index (χ2v) is 10.0. The van der Waals surface area contributed by atoms with Crippen LogP contribution in [0, 0.1) is 0 Å². The number of hydrogen-bond donors (Lipinski definition) is 2. The summed E-state index contributed by atoms with van der Waals surface area (Å²) >= 11 is 3.83. The topological polar surface area (TPSA) is 47.9 Å². The Morgan fingerprint density at radius 3 is 2.00 bits per heavy atom. The molecular formula is C20H40IO4S-. The Kier molecular flexibility index (Phi) is 18.5. The Hall–Kier alpha value is 0.920. The third-order valence-corrected chi connectivity index (χ3v) is 6.94. The van der Waals surface area contributed by atoms with Crippen molar-refractivity contribution >= 4 is 12.6 Å². The molecule has 2 unspecified atom stereocenters. The van der Waals surface area contributed by atoms with E-state index < -0.39 is 21.6 Å². The van der Waals surface area contributed by atoms with E-state index in [-0.39, 0.29) is 17.0 Å². The molecule has 0 amide bonds. The molecule has 1 fully saturated rings. The normalized spacial score (nSPS) is 20.2. The van der Waals surface area contributed by atoms with Crippen LogP contribution in [0.1, 0.15) is 89.9 Å². The molecule has 0 aromatic carbocycles. The molecule has 0 aromatic rings. The fraction of sp³-hybridized carbons (Fsp3) is 1.00. The molecule has 158 valence electrons. The van der Waals surface area contributed by atoms with Crippen LogP contribution in [0.25, 0.3) is 0 Å². The van der Waals surface area contributed by atoms with E-state index in [1.807, 2.05) is 0 Å². The first-order valence-electron chi connectivity index (χ1n) is 10.6. The van der Waals surface area contributed by atoms with Crippen molar-refractivity contribution in [1.29, 1.82) is 0 Å². The van der Waals surface area contributed by atoms with Crippen LogP contribution in [0.2, 0.25) is 0 Å². The molecule has 0 aromatic heterocycles. The van der Waals surface area contributed by atoms with Crippen LogP contribution >= 0.6 is 12.6 Å². The van der Waals surface area contributed by atoms with Gasteiger partial charge in [0.05, 0.1) is 0 Å². The zero-order chi connectivity index (χ0) is 18.7. The molecule has 6 heteroatoms. The number of rotatable bonds is 19. The van der Waals surface area contributed by atoms with E-state index in [0.29, 0.717) is 19.6 Å². The maximum atomic E-state index is 8.72. The van der Waals surface area contributed by atoms with Gasteiger partial charge in [-0.25, -0.2) is 0 Å². The predicted molar refractivity (Wildman–Crippen MR) is 106 cm³/mol. The quantitative estimate of drug-likeness (QED) is 0.123. The second-order valence-electron chi connectivity index (χ2n) is 7.04. The number of ether oxygens (including phenoxy) is 2. The van der Waals surface area contributed by atoms with Crippen molar-refractivity contribution in [3.8, 4) is 0 Å². The van der Waals surface area contributed by atoms with Gasteiger partial charge in [0.1, 0.15) is 0 Å². The Balaban J connectivity index is 1.77. The molecule has 1 heterocycles. The van der Waals surface area contributed by atoms with Gasteiger partial charge in [0.25, 0.3) is 0 Å². The SMILES string of the molecule is OCCCO[I-]C1COC(CCCCCCCCCCCCCCS)O1. The van der Waals surface area contributed by atoms with Crippen LogP contribution in [0.4, 0.5) is 0 Å². The zero-order valence-corrected chi connectivity index (χ0v) is 19.4. The molecule has 1 aliphatic rings. The van der Waals surface area contributed by atoms with Crippen molar-refractivity contribution in [3.63, 3.8) is 0 Å². The molecule has 0 spiro atoms. The maximum absolute atomic E-state index is 8.72. The second kappa shape index (κ2) is 19.2. The third-order valence-electron chi connectivity index (χ3n) is 4.60. The summed E-state index contributed by atoms with van der Waals surface area (Å²) in [5.41, 5.74) is 0. The van der Waals surface area contributed by atoms with Crippen LogP contribution in [0.15, 0.2) is 0 Å². The third kappa shape index (κ3) is 14.9. The van der Waals surface area contributed by atoms with Gasteiger partial charge in [-0.3, -0.25) is 0 Å². The van der Waals surface area contributed by atoms with Gasteiger partial charge in [-0.1, -0.05) is 19.3 Å². The molecule has 4 nitrogen and oxygen atoms in total. The van der Waals surface area contributed by atoms with Crippen molar-refractivity contribution in [1.82, 2.24) is 0 Å². The molecule has 0 saturated carbocycles. The van der Waals surface area contributed by atoms with Gasteiger partial charge >= 0.3 is 134 Å². The van der Waals surface area contributed by atoms with E-state index in [1.54, 1.807) is 0 Å². The van der Waals surface area contributed by atoms with Crippen molar-refractivity contribution in [2.24, 2.45) is 0 Å². The van der Waals surface area contributed by atoms with Crippen molar-refractivity contribution in [2.75, 3.05) is 25.6 Å². The molecule has 1 aliphatic heterocycles. The summed E-state index contributed by atoms with van der Waals surface area (Å²) in [6.07, 6.45) is 18.0. The minimum atomic E-state index is -0.419. The van der Waals surface area contributed by atoms with E-state index in [4.69, 9.17) is 17.6 Å². The number of thiol groups is 1. The van der Waals surface area contributed by atoms with E-state index in [0.717, 1.165) is 12.2 Å². The first-order valence-corrected chi connectivity index (χ1v) is 13.4.